The molecule has 0 atom stereocenters. The highest BCUT2D eigenvalue weighted by Crippen LogP contribution is 2.29. The van der Waals surface area contributed by atoms with Gasteiger partial charge in [0.1, 0.15) is 6.07 Å². The first kappa shape index (κ1) is 17.8. The van der Waals surface area contributed by atoms with Crippen molar-refractivity contribution in [2.24, 2.45) is 0 Å². The highest BCUT2D eigenvalue weighted by molar-refractivity contribution is 5.87. The Hall–Kier alpha value is -3.57. The summed E-state index contributed by atoms with van der Waals surface area (Å²) in [5.74, 6) is 0.318. The molecule has 3 heterocycles. The van der Waals surface area contributed by atoms with Gasteiger partial charge in [-0.2, -0.15) is 10.2 Å². The fourth-order valence-corrected chi connectivity index (χ4v) is 3.27. The zero-order chi connectivity index (χ0) is 19.5. The second kappa shape index (κ2) is 7.58. The third kappa shape index (κ3) is 3.61. The topological polar surface area (TPSA) is 107 Å². The van der Waals surface area contributed by atoms with Crippen molar-refractivity contribution in [3.05, 3.63) is 59.5 Å². The van der Waals surface area contributed by atoms with Gasteiger partial charge in [-0.3, -0.25) is 4.90 Å². The molecule has 0 aliphatic carbocycles. The first-order valence-electron chi connectivity index (χ1n) is 8.88. The Kier molecular flexibility index (Phi) is 4.83. The smallest absolute Gasteiger partial charge is 0.335 e. The Morgan fingerprint density at radius 1 is 1.21 bits per heavy atom. The number of nitrogens with zero attached hydrogens (tertiary/aromatic N) is 4. The zero-order valence-corrected chi connectivity index (χ0v) is 15.0. The van der Waals surface area contributed by atoms with E-state index in [4.69, 9.17) is 13.9 Å². The molecular weight excluding hydrogens is 360 g/mol. The molecule has 1 N–H and O–H groups in total. The fraction of sp³-hybridized carbons (Fsp3) is 0.250. The summed E-state index contributed by atoms with van der Waals surface area (Å²) in [4.78, 5) is 19.6. The minimum Gasteiger partial charge on any atom is -0.478 e. The number of hydrogen-bond donors (Lipinski definition) is 1. The van der Waals surface area contributed by atoms with Gasteiger partial charge in [0.15, 0.2) is 5.76 Å². The number of carboxylic acid groups (broad SMARTS) is 1. The monoisotopic (exact) mass is 378 g/mol. The number of benzene rings is 1. The van der Waals surface area contributed by atoms with Gasteiger partial charge in [-0.15, -0.1) is 0 Å². The third-order valence-electron chi connectivity index (χ3n) is 4.69. The number of hydrogen-bond acceptors (Lipinski definition) is 7. The molecule has 1 aliphatic heterocycles. The molecule has 1 saturated heterocycles. The number of aromatic carboxylic acids is 1. The van der Waals surface area contributed by atoms with E-state index in [2.05, 4.69) is 16.0 Å². The third-order valence-corrected chi connectivity index (χ3v) is 4.69. The molecule has 0 radical (unpaired) electrons. The van der Waals surface area contributed by atoms with E-state index in [9.17, 15) is 10.1 Å². The molecule has 28 heavy (non-hydrogen) atoms. The number of piperazine rings is 1. The summed E-state index contributed by atoms with van der Waals surface area (Å²) in [6, 6.07) is 12.5. The molecule has 0 amide bonds. The van der Waals surface area contributed by atoms with Gasteiger partial charge < -0.3 is 18.8 Å². The van der Waals surface area contributed by atoms with Crippen LogP contribution in [-0.4, -0.2) is 47.1 Å². The van der Waals surface area contributed by atoms with Crippen LogP contribution in [0.15, 0.2) is 51.5 Å². The molecule has 8 nitrogen and oxygen atoms in total. The summed E-state index contributed by atoms with van der Waals surface area (Å²) < 4.78 is 11.1. The lowest BCUT2D eigenvalue weighted by molar-refractivity contribution is 0.0696. The van der Waals surface area contributed by atoms with Crippen LogP contribution in [0.1, 0.15) is 21.6 Å². The summed E-state index contributed by atoms with van der Waals surface area (Å²) >= 11 is 0. The number of anilines is 1. The Labute approximate surface area is 161 Å². The number of rotatable bonds is 5. The Bertz CT molecular complexity index is 1010. The summed E-state index contributed by atoms with van der Waals surface area (Å²) in [6.07, 6.45) is 1.53. The Balaban J connectivity index is 1.43. The van der Waals surface area contributed by atoms with Crippen molar-refractivity contribution >= 4 is 11.9 Å². The van der Waals surface area contributed by atoms with E-state index in [1.165, 1.54) is 6.26 Å². The second-order valence-corrected chi connectivity index (χ2v) is 6.53. The Morgan fingerprint density at radius 3 is 2.71 bits per heavy atom. The highest BCUT2D eigenvalue weighted by Gasteiger charge is 2.25. The standard InChI is InChI=1S/C20H18N4O4/c21-12-16-19(28-18(22-16)17-5-2-10-27-17)24-8-6-23(7-9-24)13-14-3-1-4-15(11-14)20(25)26/h1-5,10-11H,6-9,13H2,(H,25,26). The highest BCUT2D eigenvalue weighted by atomic mass is 16.4. The van der Waals surface area contributed by atoms with Crippen molar-refractivity contribution in [2.45, 2.75) is 6.54 Å². The fourth-order valence-electron chi connectivity index (χ4n) is 3.27. The molecule has 2 aromatic heterocycles. The molecular formula is C20H18N4O4. The van der Waals surface area contributed by atoms with Gasteiger partial charge in [-0.25, -0.2) is 4.79 Å². The van der Waals surface area contributed by atoms with Crippen LogP contribution < -0.4 is 4.90 Å². The molecule has 3 aromatic rings. The predicted octanol–water partition coefficient (Wildman–Crippen LogP) is 2.83. The molecule has 142 valence electrons. The number of carboxylic acids is 1. The predicted molar refractivity (Wildman–Crippen MR) is 99.8 cm³/mol. The molecule has 1 fully saturated rings. The average molecular weight is 378 g/mol. The molecule has 1 aliphatic rings. The van der Waals surface area contributed by atoms with E-state index in [-0.39, 0.29) is 5.69 Å². The maximum atomic E-state index is 11.1. The van der Waals surface area contributed by atoms with Crippen molar-refractivity contribution in [1.82, 2.24) is 9.88 Å². The van der Waals surface area contributed by atoms with Crippen LogP contribution >= 0.6 is 0 Å². The number of nitriles is 1. The first-order chi connectivity index (χ1) is 13.6. The minimum atomic E-state index is -0.923. The number of furan rings is 1. The van der Waals surface area contributed by atoms with E-state index in [0.717, 1.165) is 18.7 Å². The number of oxazole rings is 1. The first-order valence-corrected chi connectivity index (χ1v) is 8.88. The minimum absolute atomic E-state index is 0.244. The van der Waals surface area contributed by atoms with E-state index < -0.39 is 5.97 Å². The zero-order valence-electron chi connectivity index (χ0n) is 15.0. The van der Waals surface area contributed by atoms with Gasteiger partial charge >= 0.3 is 5.97 Å². The van der Waals surface area contributed by atoms with Crippen molar-refractivity contribution in [3.63, 3.8) is 0 Å². The van der Waals surface area contributed by atoms with Crippen molar-refractivity contribution < 1.29 is 18.7 Å². The van der Waals surface area contributed by atoms with E-state index >= 15 is 0 Å². The van der Waals surface area contributed by atoms with Crippen LogP contribution in [0.3, 0.4) is 0 Å². The van der Waals surface area contributed by atoms with Gasteiger partial charge in [0, 0.05) is 32.7 Å². The Morgan fingerprint density at radius 2 is 2.04 bits per heavy atom. The van der Waals surface area contributed by atoms with Crippen molar-refractivity contribution in [3.8, 4) is 17.7 Å². The quantitative estimate of drug-likeness (QED) is 0.722. The van der Waals surface area contributed by atoms with Crippen LogP contribution in [0.4, 0.5) is 5.88 Å². The summed E-state index contributed by atoms with van der Waals surface area (Å²) in [6.45, 7) is 3.56. The summed E-state index contributed by atoms with van der Waals surface area (Å²) in [7, 11) is 0. The van der Waals surface area contributed by atoms with Crippen LogP contribution in [-0.2, 0) is 6.54 Å². The van der Waals surface area contributed by atoms with Crippen LogP contribution in [0, 0.1) is 11.3 Å². The van der Waals surface area contributed by atoms with Gasteiger partial charge in [0.2, 0.25) is 11.6 Å². The maximum absolute atomic E-state index is 11.1. The maximum Gasteiger partial charge on any atom is 0.335 e. The van der Waals surface area contributed by atoms with Crippen molar-refractivity contribution in [1.29, 1.82) is 5.26 Å². The van der Waals surface area contributed by atoms with Gasteiger partial charge in [-0.1, -0.05) is 12.1 Å². The van der Waals surface area contributed by atoms with Crippen LogP contribution in [0.25, 0.3) is 11.7 Å². The van der Waals surface area contributed by atoms with E-state index in [1.54, 1.807) is 30.3 Å². The van der Waals surface area contributed by atoms with E-state index in [1.807, 2.05) is 11.0 Å². The van der Waals surface area contributed by atoms with Gasteiger partial charge in [0.25, 0.3) is 5.89 Å². The van der Waals surface area contributed by atoms with Gasteiger partial charge in [-0.05, 0) is 29.8 Å². The second-order valence-electron chi connectivity index (χ2n) is 6.53. The molecule has 1 aromatic carbocycles. The average Bonchev–Trinajstić information content (AvgIpc) is 3.38. The van der Waals surface area contributed by atoms with E-state index in [0.29, 0.717) is 42.7 Å². The largest absolute Gasteiger partial charge is 0.478 e. The molecule has 4 rings (SSSR count). The molecule has 0 bridgehead atoms. The molecule has 0 spiro atoms. The van der Waals surface area contributed by atoms with Crippen LogP contribution in [0.5, 0.6) is 0 Å². The normalized spacial score (nSPS) is 14.8. The molecule has 8 heteroatoms. The molecule has 0 unspecified atom stereocenters. The molecule has 0 saturated carbocycles. The van der Waals surface area contributed by atoms with Gasteiger partial charge in [0.05, 0.1) is 11.8 Å². The lowest BCUT2D eigenvalue weighted by Gasteiger charge is -2.34. The lowest BCUT2D eigenvalue weighted by Crippen LogP contribution is -2.46. The summed E-state index contributed by atoms with van der Waals surface area (Å²) in [5.41, 5.74) is 1.50. The lowest BCUT2D eigenvalue weighted by atomic mass is 10.1. The number of carbonyl (C=O) groups is 1. The van der Waals surface area contributed by atoms with Crippen molar-refractivity contribution in [2.75, 3.05) is 31.1 Å². The number of aromatic nitrogens is 1. The summed E-state index contributed by atoms with van der Waals surface area (Å²) in [5, 5.41) is 18.5. The SMILES string of the molecule is N#Cc1nc(-c2ccco2)oc1N1CCN(Cc2cccc(C(=O)O)c2)CC1. The van der Waals surface area contributed by atoms with Crippen LogP contribution in [0.2, 0.25) is 0 Å².